The normalized spacial score (nSPS) is 25.0. The van der Waals surface area contributed by atoms with Crippen molar-refractivity contribution < 1.29 is 18.3 Å². The first kappa shape index (κ1) is 15.3. The average Bonchev–Trinajstić information content (AvgIpc) is 2.44. The molecule has 6 nitrogen and oxygen atoms in total. The van der Waals surface area contributed by atoms with Crippen LogP contribution in [0.3, 0.4) is 0 Å². The van der Waals surface area contributed by atoms with Gasteiger partial charge in [0.25, 0.3) is 6.02 Å². The van der Waals surface area contributed by atoms with E-state index in [4.69, 9.17) is 4.74 Å². The van der Waals surface area contributed by atoms with Crippen molar-refractivity contribution in [2.75, 3.05) is 12.4 Å². The molecule has 1 saturated heterocycles. The van der Waals surface area contributed by atoms with Gasteiger partial charge in [-0.15, -0.1) is 0 Å². The topological polar surface area (TPSA) is 88.0 Å². The monoisotopic (exact) mass is 324 g/mol. The molecule has 1 saturated carbocycles. The van der Waals surface area contributed by atoms with Crippen molar-refractivity contribution in [3.63, 3.8) is 0 Å². The van der Waals surface area contributed by atoms with E-state index in [-0.39, 0.29) is 24.4 Å². The standard InChI is InChI=1S/C15H20N2O4S/c18-10-7-13(12-5-2-1-3-6-12)16-14-17-22(19,20)11-15(21-14)8-4-9-15/h1-3,5-6,13,18H,4,7-11H2,(H,16,17). The molecule has 0 aromatic heterocycles. The SMILES string of the molecule is O=S1(=O)CC2(CCC2)OC(=NC(CCO)c2ccccc2)N1. The molecular formula is C15H20N2O4S. The Hall–Kier alpha value is -1.60. The van der Waals surface area contributed by atoms with Gasteiger partial charge in [0.1, 0.15) is 11.4 Å². The molecule has 1 unspecified atom stereocenters. The van der Waals surface area contributed by atoms with Gasteiger partial charge in [-0.25, -0.2) is 18.1 Å². The van der Waals surface area contributed by atoms with Gasteiger partial charge in [0.2, 0.25) is 10.0 Å². The molecule has 3 rings (SSSR count). The number of amidine groups is 1. The lowest BCUT2D eigenvalue weighted by atomic mass is 9.81. The molecule has 0 bridgehead atoms. The second-order valence-corrected chi connectivity index (χ2v) is 7.60. The van der Waals surface area contributed by atoms with Crippen LogP contribution in [0.4, 0.5) is 0 Å². The number of aliphatic hydroxyl groups excluding tert-OH is 1. The van der Waals surface area contributed by atoms with Crippen LogP contribution in [0.2, 0.25) is 0 Å². The van der Waals surface area contributed by atoms with E-state index in [2.05, 4.69) is 9.71 Å². The van der Waals surface area contributed by atoms with Crippen molar-refractivity contribution in [1.29, 1.82) is 0 Å². The van der Waals surface area contributed by atoms with Crippen LogP contribution in [0.25, 0.3) is 0 Å². The molecule has 2 N–H and O–H groups in total. The molecule has 2 fully saturated rings. The van der Waals surface area contributed by atoms with Crippen molar-refractivity contribution >= 4 is 16.0 Å². The summed E-state index contributed by atoms with van der Waals surface area (Å²) in [4.78, 5) is 4.41. The van der Waals surface area contributed by atoms with Crippen molar-refractivity contribution in [2.45, 2.75) is 37.3 Å². The highest BCUT2D eigenvalue weighted by atomic mass is 32.2. The zero-order valence-corrected chi connectivity index (χ0v) is 13.1. The minimum atomic E-state index is -3.41. The fourth-order valence-electron chi connectivity index (χ4n) is 2.89. The second kappa shape index (κ2) is 5.89. The van der Waals surface area contributed by atoms with Crippen LogP contribution in [-0.4, -0.2) is 37.5 Å². The van der Waals surface area contributed by atoms with Crippen molar-refractivity contribution in [2.24, 2.45) is 4.99 Å². The van der Waals surface area contributed by atoms with Crippen molar-refractivity contribution in [3.8, 4) is 0 Å². The van der Waals surface area contributed by atoms with Crippen LogP contribution in [-0.2, 0) is 14.8 Å². The molecule has 1 aromatic rings. The molecule has 0 radical (unpaired) electrons. The van der Waals surface area contributed by atoms with Gasteiger partial charge < -0.3 is 9.84 Å². The Morgan fingerprint density at radius 1 is 1.32 bits per heavy atom. The Morgan fingerprint density at radius 3 is 2.64 bits per heavy atom. The first-order valence-electron chi connectivity index (χ1n) is 7.45. The molecule has 7 heteroatoms. The molecule has 22 heavy (non-hydrogen) atoms. The van der Waals surface area contributed by atoms with Crippen molar-refractivity contribution in [1.82, 2.24) is 4.72 Å². The zero-order chi connectivity index (χ0) is 15.6. The van der Waals surface area contributed by atoms with E-state index in [0.717, 1.165) is 24.8 Å². The summed E-state index contributed by atoms with van der Waals surface area (Å²) < 4.78 is 32.3. The van der Waals surface area contributed by atoms with Crippen molar-refractivity contribution in [3.05, 3.63) is 35.9 Å². The minimum Gasteiger partial charge on any atom is -0.457 e. The van der Waals surface area contributed by atoms with Gasteiger partial charge in [-0.3, -0.25) is 0 Å². The van der Waals surface area contributed by atoms with Crippen LogP contribution in [0, 0.1) is 0 Å². The lowest BCUT2D eigenvalue weighted by Gasteiger charge is -2.44. The lowest BCUT2D eigenvalue weighted by Crippen LogP contribution is -2.57. The van der Waals surface area contributed by atoms with E-state index in [9.17, 15) is 13.5 Å². The molecule has 1 atom stereocenters. The Labute approximate surface area is 130 Å². The van der Waals surface area contributed by atoms with Crippen LogP contribution >= 0.6 is 0 Å². The summed E-state index contributed by atoms with van der Waals surface area (Å²) in [5, 5.41) is 9.24. The van der Waals surface area contributed by atoms with Crippen LogP contribution in [0.1, 0.15) is 37.3 Å². The van der Waals surface area contributed by atoms with Crippen LogP contribution in [0.15, 0.2) is 35.3 Å². The number of rotatable bonds is 4. The van der Waals surface area contributed by atoms with Gasteiger partial charge in [0.05, 0.1) is 6.04 Å². The molecule has 1 aliphatic carbocycles. The third-order valence-electron chi connectivity index (χ3n) is 4.13. The Balaban J connectivity index is 1.87. The summed E-state index contributed by atoms with van der Waals surface area (Å²) in [6.45, 7) is -0.0335. The number of aliphatic imine (C=N–C) groups is 1. The third-order valence-corrected chi connectivity index (χ3v) is 5.53. The van der Waals surface area contributed by atoms with Gasteiger partial charge in [0.15, 0.2) is 0 Å². The third kappa shape index (κ3) is 3.25. The molecule has 1 aliphatic heterocycles. The molecule has 2 aliphatic rings. The van der Waals surface area contributed by atoms with E-state index < -0.39 is 15.6 Å². The summed E-state index contributed by atoms with van der Waals surface area (Å²) in [5.41, 5.74) is 0.309. The number of benzene rings is 1. The maximum Gasteiger partial charge on any atom is 0.299 e. The van der Waals surface area contributed by atoms with Gasteiger partial charge >= 0.3 is 0 Å². The number of aliphatic hydroxyl groups is 1. The van der Waals surface area contributed by atoms with Gasteiger partial charge in [-0.1, -0.05) is 30.3 Å². The van der Waals surface area contributed by atoms with E-state index >= 15 is 0 Å². The number of nitrogens with zero attached hydrogens (tertiary/aromatic N) is 1. The van der Waals surface area contributed by atoms with Gasteiger partial charge in [0, 0.05) is 6.61 Å². The van der Waals surface area contributed by atoms with E-state index in [0.29, 0.717) is 6.42 Å². The molecular weight excluding hydrogens is 304 g/mol. The summed E-state index contributed by atoms with van der Waals surface area (Å²) in [5.74, 6) is -0.00494. The van der Waals surface area contributed by atoms with Crippen LogP contribution in [0.5, 0.6) is 0 Å². The minimum absolute atomic E-state index is 0.00494. The van der Waals surface area contributed by atoms with E-state index in [1.54, 1.807) is 0 Å². The quantitative estimate of drug-likeness (QED) is 0.875. The second-order valence-electron chi connectivity index (χ2n) is 5.87. The molecule has 1 spiro atoms. The Bertz CT molecular complexity index is 653. The van der Waals surface area contributed by atoms with E-state index in [1.165, 1.54) is 0 Å². The highest BCUT2D eigenvalue weighted by molar-refractivity contribution is 7.90. The number of ether oxygens (including phenoxy) is 1. The van der Waals surface area contributed by atoms with Crippen LogP contribution < -0.4 is 4.72 Å². The predicted molar refractivity (Wildman–Crippen MR) is 82.9 cm³/mol. The average molecular weight is 324 g/mol. The summed E-state index contributed by atoms with van der Waals surface area (Å²) in [6, 6.07) is 9.20. The fourth-order valence-corrected chi connectivity index (χ4v) is 4.36. The summed E-state index contributed by atoms with van der Waals surface area (Å²) in [7, 11) is -3.41. The Morgan fingerprint density at radius 2 is 2.05 bits per heavy atom. The highest BCUT2D eigenvalue weighted by Gasteiger charge is 2.48. The maximum atomic E-state index is 12.0. The number of nitrogens with one attached hydrogen (secondary N) is 1. The number of hydrogen-bond donors (Lipinski definition) is 2. The van der Waals surface area contributed by atoms with E-state index in [1.807, 2.05) is 30.3 Å². The smallest absolute Gasteiger partial charge is 0.299 e. The fraction of sp³-hybridized carbons (Fsp3) is 0.533. The van der Waals surface area contributed by atoms with Gasteiger partial charge in [-0.2, -0.15) is 0 Å². The van der Waals surface area contributed by atoms with Gasteiger partial charge in [-0.05, 0) is 31.2 Å². The first-order chi connectivity index (χ1) is 10.5. The first-order valence-corrected chi connectivity index (χ1v) is 9.10. The lowest BCUT2D eigenvalue weighted by molar-refractivity contribution is -0.00590. The summed E-state index contributed by atoms with van der Waals surface area (Å²) in [6.07, 6.45) is 2.86. The Kier molecular flexibility index (Phi) is 4.10. The molecule has 1 heterocycles. The highest BCUT2D eigenvalue weighted by Crippen LogP contribution is 2.39. The summed E-state index contributed by atoms with van der Waals surface area (Å²) >= 11 is 0. The number of hydrogen-bond acceptors (Lipinski definition) is 5. The largest absolute Gasteiger partial charge is 0.457 e. The molecule has 120 valence electrons. The molecule has 1 aromatic carbocycles. The molecule has 0 amide bonds. The predicted octanol–water partition coefficient (Wildman–Crippen LogP) is 1.34. The zero-order valence-electron chi connectivity index (χ0n) is 12.2. The number of sulfonamides is 1. The maximum absolute atomic E-state index is 12.0.